The van der Waals surface area contributed by atoms with E-state index in [2.05, 4.69) is 10.1 Å². The van der Waals surface area contributed by atoms with Crippen LogP contribution in [-0.2, 0) is 4.89 Å². The third-order valence-electron chi connectivity index (χ3n) is 0.869. The van der Waals surface area contributed by atoms with E-state index in [1.54, 1.807) is 0 Å². The molecular weight excluding hydrogens is 120 g/mol. The molecule has 0 bridgehead atoms. The van der Waals surface area contributed by atoms with Gasteiger partial charge in [0, 0.05) is 0 Å². The predicted molar refractivity (Wildman–Crippen MR) is 34.0 cm³/mol. The molecule has 0 aliphatic rings. The van der Waals surface area contributed by atoms with Crippen LogP contribution < -0.4 is 0 Å². The number of aliphatic hydroxyl groups is 1. The van der Waals surface area contributed by atoms with Crippen LogP contribution in [0, 0.1) is 0 Å². The summed E-state index contributed by atoms with van der Waals surface area (Å²) in [5, 5.41) is 12.8. The Balaban J connectivity index is 4.73. The molecule has 3 heteroatoms. The Morgan fingerprint density at radius 1 is 2.11 bits per heavy atom. The molecule has 0 spiro atoms. The maximum absolute atomic E-state index is 9.21. The molecule has 3 nitrogen and oxygen atoms in total. The van der Waals surface area contributed by atoms with Crippen molar-refractivity contribution < 1.29 is 19.4 Å². The highest BCUT2D eigenvalue weighted by Crippen LogP contribution is 2.06. The van der Waals surface area contributed by atoms with Crippen molar-refractivity contribution in [1.82, 2.24) is 0 Å². The quantitative estimate of drug-likeness (QED) is 0.341. The van der Waals surface area contributed by atoms with E-state index in [0.29, 0.717) is 0 Å². The molecule has 0 heterocycles. The Hall–Kier alpha value is -0.380. The minimum atomic E-state index is -2.04. The van der Waals surface area contributed by atoms with Crippen LogP contribution in [-0.4, -0.2) is 22.6 Å². The summed E-state index contributed by atoms with van der Waals surface area (Å²) in [7, 11) is 0. The van der Waals surface area contributed by atoms with Crippen LogP contribution >= 0.6 is 0 Å². The lowest BCUT2D eigenvalue weighted by Crippen LogP contribution is -2.25. The summed E-state index contributed by atoms with van der Waals surface area (Å²) >= 11 is 0. The fourth-order valence-electron chi connectivity index (χ4n) is 0.455. The van der Waals surface area contributed by atoms with Gasteiger partial charge in [0.25, 0.3) is 1.43 Å². The monoisotopic (exact) mass is 136 g/mol. The van der Waals surface area contributed by atoms with Gasteiger partial charge in [0.05, 0.1) is 10.2 Å². The molecule has 0 unspecified atom stereocenters. The van der Waals surface area contributed by atoms with Crippen LogP contribution in [0.3, 0.4) is 0 Å². The molecule has 0 saturated carbocycles. The van der Waals surface area contributed by atoms with Crippen LogP contribution in [0.15, 0.2) is 12.1 Å². The van der Waals surface area contributed by atoms with Gasteiger partial charge in [-0.3, -0.25) is 5.26 Å². The molecule has 0 radical (unpaired) electrons. The maximum Gasteiger partial charge on any atom is 0.255 e. The van der Waals surface area contributed by atoms with Crippen LogP contribution in [0.25, 0.3) is 1.43 Å². The zero-order chi connectivity index (χ0) is 10.6. The topological polar surface area (TPSA) is 49.7 Å². The zero-order valence-corrected chi connectivity index (χ0v) is 5.34. The predicted octanol–water partition coefficient (Wildman–Crippen LogP) is 0.801. The first-order valence-corrected chi connectivity index (χ1v) is 2.45. The molecule has 0 saturated heterocycles. The van der Waals surface area contributed by atoms with E-state index in [9.17, 15) is 5.11 Å². The molecule has 2 N–H and O–H groups in total. The Kier molecular flexibility index (Phi) is 1.49. The van der Waals surface area contributed by atoms with Crippen molar-refractivity contribution in [2.75, 3.05) is 0 Å². The van der Waals surface area contributed by atoms with Gasteiger partial charge in [-0.25, -0.2) is 4.89 Å². The average Bonchev–Trinajstić information content (AvgIpc) is 1.96. The van der Waals surface area contributed by atoms with Crippen molar-refractivity contribution in [2.45, 2.75) is 26.0 Å². The van der Waals surface area contributed by atoms with Gasteiger partial charge < -0.3 is 5.11 Å². The molecule has 0 fully saturated rings. The van der Waals surface area contributed by atoms with Gasteiger partial charge in [-0.1, -0.05) is 6.53 Å². The summed E-state index contributed by atoms with van der Waals surface area (Å²) in [4.78, 5) is 4.26. The van der Waals surface area contributed by atoms with Crippen molar-refractivity contribution in [3.8, 4) is 0 Å². The Labute approximate surface area is 60.2 Å². The lowest BCUT2D eigenvalue weighted by atomic mass is 10.1. The zero-order valence-electron chi connectivity index (χ0n) is 9.34. The summed E-state index contributed by atoms with van der Waals surface area (Å²) in [6, 6.07) is 0. The number of rotatable bonds is 4. The first-order chi connectivity index (χ1) is 5.80. The molecule has 0 aliphatic carbocycles. The van der Waals surface area contributed by atoms with Crippen LogP contribution in [0.4, 0.5) is 0 Å². The van der Waals surface area contributed by atoms with Crippen molar-refractivity contribution in [3.63, 3.8) is 0 Å². The van der Waals surface area contributed by atoms with Crippen LogP contribution in [0.1, 0.15) is 18.0 Å². The van der Waals surface area contributed by atoms with Gasteiger partial charge in [0.15, 0.2) is 0 Å². The maximum atomic E-state index is 9.21. The SMILES string of the molecule is [2H]OO[C@@H](C(C)=C([2H])[2H])[C@]([2H])(C)O. The van der Waals surface area contributed by atoms with Gasteiger partial charge in [-0.05, 0) is 19.4 Å². The fraction of sp³-hybridized carbons (Fsp3) is 0.667. The fourth-order valence-corrected chi connectivity index (χ4v) is 0.455. The Morgan fingerprint density at radius 3 is 3.11 bits per heavy atom. The van der Waals surface area contributed by atoms with E-state index in [1.807, 2.05) is 0 Å². The lowest BCUT2D eigenvalue weighted by molar-refractivity contribution is -0.284. The van der Waals surface area contributed by atoms with Crippen molar-refractivity contribution in [2.24, 2.45) is 0 Å². The minimum Gasteiger partial charge on any atom is -0.390 e. The van der Waals surface area contributed by atoms with Crippen LogP contribution in [0.5, 0.6) is 0 Å². The van der Waals surface area contributed by atoms with Crippen molar-refractivity contribution >= 4 is 0 Å². The molecule has 54 valence electrons. The van der Waals surface area contributed by atoms with Gasteiger partial charge in [-0.2, -0.15) is 0 Å². The molecule has 0 aromatic rings. The molecule has 9 heavy (non-hydrogen) atoms. The second-order valence-corrected chi connectivity index (χ2v) is 1.80. The third kappa shape index (κ3) is 2.60. The molecule has 0 amide bonds. The van der Waals surface area contributed by atoms with Crippen molar-refractivity contribution in [3.05, 3.63) is 12.1 Å². The molecule has 0 aromatic heterocycles. The minimum absolute atomic E-state index is 0.0206. The Morgan fingerprint density at radius 2 is 2.78 bits per heavy atom. The van der Waals surface area contributed by atoms with Gasteiger partial charge in [0.2, 0.25) is 0 Å². The first kappa shape index (κ1) is 3.71. The van der Waals surface area contributed by atoms with E-state index in [4.69, 9.17) is 5.54 Å². The second-order valence-electron chi connectivity index (χ2n) is 1.80. The van der Waals surface area contributed by atoms with E-state index >= 15 is 0 Å². The standard InChI is InChI=1S/C6H12O3/c1-4(2)6(9-8)5(3)7/h5-8H,1H2,2-3H3/t5-,6-/m0/s1/i1D2,5D/hD. The highest BCUT2D eigenvalue weighted by molar-refractivity contribution is 4.99. The van der Waals surface area contributed by atoms with E-state index < -0.39 is 18.7 Å². The summed E-state index contributed by atoms with van der Waals surface area (Å²) in [5.41, 5.74) is 0.0206. The largest absolute Gasteiger partial charge is 0.390 e. The van der Waals surface area contributed by atoms with Crippen molar-refractivity contribution in [1.29, 1.82) is 1.43 Å². The Bertz CT molecular complexity index is 195. The van der Waals surface area contributed by atoms with Gasteiger partial charge in [-0.15, -0.1) is 0 Å². The smallest absolute Gasteiger partial charge is 0.255 e. The molecule has 0 aromatic carbocycles. The summed E-state index contributed by atoms with van der Waals surface area (Å²) in [6.07, 6.45) is -3.35. The lowest BCUT2D eigenvalue weighted by Gasteiger charge is -2.15. The van der Waals surface area contributed by atoms with E-state index in [0.717, 1.165) is 6.92 Å². The second kappa shape index (κ2) is 3.61. The summed E-state index contributed by atoms with van der Waals surface area (Å²) in [6.45, 7) is 1.89. The van der Waals surface area contributed by atoms with Gasteiger partial charge in [0.1, 0.15) is 6.10 Å². The first-order valence-electron chi connectivity index (χ1n) is 4.36. The van der Waals surface area contributed by atoms with E-state index in [-0.39, 0.29) is 5.57 Å². The van der Waals surface area contributed by atoms with Gasteiger partial charge >= 0.3 is 0 Å². The number of hydrogen-bond donors (Lipinski definition) is 2. The highest BCUT2D eigenvalue weighted by atomic mass is 17.1. The normalized spacial score (nSPS) is 26.1. The molecular formula is C6H12O3. The average molecular weight is 136 g/mol. The highest BCUT2D eigenvalue weighted by Gasteiger charge is 2.15. The number of hydrogen-bond acceptors (Lipinski definition) is 3. The summed E-state index contributed by atoms with van der Waals surface area (Å²) < 4.78 is 27.3. The molecule has 0 rings (SSSR count). The molecule has 0 aliphatic heterocycles. The van der Waals surface area contributed by atoms with Crippen LogP contribution in [0.2, 0.25) is 0 Å². The molecule has 2 atom stereocenters. The van der Waals surface area contributed by atoms with E-state index in [1.165, 1.54) is 6.92 Å². The summed E-state index contributed by atoms with van der Waals surface area (Å²) in [5.74, 6) is 0. The third-order valence-corrected chi connectivity index (χ3v) is 0.869.